The van der Waals surface area contributed by atoms with Crippen molar-refractivity contribution in [1.29, 1.82) is 0 Å². The summed E-state index contributed by atoms with van der Waals surface area (Å²) in [6.45, 7) is 2.09. The van der Waals surface area contributed by atoms with E-state index in [9.17, 15) is 9.59 Å². The van der Waals surface area contributed by atoms with E-state index in [4.69, 9.17) is 0 Å². The third-order valence-corrected chi connectivity index (χ3v) is 3.55. The maximum atomic E-state index is 12.3. The van der Waals surface area contributed by atoms with E-state index in [-0.39, 0.29) is 17.9 Å². The minimum absolute atomic E-state index is 0.0191. The largest absolute Gasteiger partial charge is 0.344 e. The first-order chi connectivity index (χ1) is 10.1. The molecule has 5 nitrogen and oxygen atoms in total. The maximum absolute atomic E-state index is 12.3. The lowest BCUT2D eigenvalue weighted by Crippen LogP contribution is -2.39. The van der Waals surface area contributed by atoms with Crippen molar-refractivity contribution in [2.24, 2.45) is 5.10 Å². The summed E-state index contributed by atoms with van der Waals surface area (Å²) in [5.41, 5.74) is 1.52. The molecule has 0 aliphatic carbocycles. The van der Waals surface area contributed by atoms with Crippen LogP contribution in [0, 0.1) is 0 Å². The third-order valence-electron chi connectivity index (χ3n) is 3.55. The van der Waals surface area contributed by atoms with E-state index < -0.39 is 0 Å². The summed E-state index contributed by atoms with van der Waals surface area (Å²) in [4.78, 5) is 23.7. The van der Waals surface area contributed by atoms with Gasteiger partial charge < -0.3 is 5.32 Å². The number of hydrogen-bond donors (Lipinski definition) is 1. The number of carbonyl (C=O) groups is 2. The average Bonchev–Trinajstić information content (AvgIpc) is 2.50. The molecular weight excluding hydrogens is 266 g/mol. The monoisotopic (exact) mass is 287 g/mol. The van der Waals surface area contributed by atoms with Crippen LogP contribution in [0.1, 0.15) is 44.2 Å². The van der Waals surface area contributed by atoms with E-state index in [1.54, 1.807) is 7.05 Å². The molecule has 0 fully saturated rings. The zero-order chi connectivity index (χ0) is 15.2. The molecule has 1 aliphatic heterocycles. The summed E-state index contributed by atoms with van der Waals surface area (Å²) < 4.78 is 0. The first-order valence-corrected chi connectivity index (χ1v) is 7.31. The standard InChI is InChI=1S/C16H21N3O2/c1-3-7-13(12-8-5-4-6-9-12)17-16(21)14-10-11-15(20)19(2)18-14/h4-6,8-9,13H,3,7,10-11H2,1-2H3,(H,17,21)/t13-/m0/s1. The van der Waals surface area contributed by atoms with Gasteiger partial charge >= 0.3 is 0 Å². The average molecular weight is 287 g/mol. The van der Waals surface area contributed by atoms with Gasteiger partial charge in [0.25, 0.3) is 5.91 Å². The van der Waals surface area contributed by atoms with Crippen molar-refractivity contribution >= 4 is 17.5 Å². The minimum atomic E-state index is -0.184. The number of rotatable bonds is 5. The fraction of sp³-hybridized carbons (Fsp3) is 0.438. The van der Waals surface area contributed by atoms with Crippen molar-refractivity contribution in [3.8, 4) is 0 Å². The van der Waals surface area contributed by atoms with Gasteiger partial charge in [0.05, 0.1) is 6.04 Å². The Balaban J connectivity index is 2.09. The summed E-state index contributed by atoms with van der Waals surface area (Å²) in [5.74, 6) is -0.239. The highest BCUT2D eigenvalue weighted by molar-refractivity contribution is 6.39. The van der Waals surface area contributed by atoms with Gasteiger partial charge in [-0.25, -0.2) is 5.01 Å². The second kappa shape index (κ2) is 7.02. The van der Waals surface area contributed by atoms with Crippen LogP contribution < -0.4 is 5.32 Å². The third kappa shape index (κ3) is 3.90. The molecule has 0 radical (unpaired) electrons. The quantitative estimate of drug-likeness (QED) is 0.903. The SMILES string of the molecule is CCC[C@H](NC(=O)C1=NN(C)C(=O)CC1)c1ccccc1. The molecular formula is C16H21N3O2. The molecule has 1 heterocycles. The van der Waals surface area contributed by atoms with E-state index in [0.29, 0.717) is 18.6 Å². The molecule has 0 saturated heterocycles. The first kappa shape index (κ1) is 15.2. The van der Waals surface area contributed by atoms with E-state index >= 15 is 0 Å². The van der Waals surface area contributed by atoms with Crippen LogP contribution in [0.5, 0.6) is 0 Å². The van der Waals surface area contributed by atoms with E-state index in [1.807, 2.05) is 30.3 Å². The Kier molecular flexibility index (Phi) is 5.09. The van der Waals surface area contributed by atoms with Crippen molar-refractivity contribution in [3.63, 3.8) is 0 Å². The van der Waals surface area contributed by atoms with E-state index in [1.165, 1.54) is 5.01 Å². The predicted octanol–water partition coefficient (Wildman–Crippen LogP) is 2.25. The Hall–Kier alpha value is -2.17. The van der Waals surface area contributed by atoms with E-state index in [0.717, 1.165) is 18.4 Å². The summed E-state index contributed by atoms with van der Waals surface area (Å²) in [7, 11) is 1.58. The molecule has 0 unspecified atom stereocenters. The first-order valence-electron chi connectivity index (χ1n) is 7.31. The Morgan fingerprint density at radius 3 is 2.67 bits per heavy atom. The molecule has 21 heavy (non-hydrogen) atoms. The fourth-order valence-electron chi connectivity index (χ4n) is 2.37. The lowest BCUT2D eigenvalue weighted by molar-refractivity contribution is -0.130. The van der Waals surface area contributed by atoms with Gasteiger partial charge in [0, 0.05) is 19.9 Å². The molecule has 1 aromatic rings. The van der Waals surface area contributed by atoms with Crippen LogP contribution in [0.4, 0.5) is 0 Å². The smallest absolute Gasteiger partial charge is 0.267 e. The van der Waals surface area contributed by atoms with Crippen molar-refractivity contribution in [3.05, 3.63) is 35.9 Å². The summed E-state index contributed by atoms with van der Waals surface area (Å²) in [5, 5.41) is 8.34. The number of nitrogens with one attached hydrogen (secondary N) is 1. The Bertz CT molecular complexity index is 540. The summed E-state index contributed by atoms with van der Waals surface area (Å²) in [6, 6.07) is 9.90. The molecule has 2 amide bonds. The molecule has 0 saturated carbocycles. The highest BCUT2D eigenvalue weighted by Crippen LogP contribution is 2.18. The number of amides is 2. The maximum Gasteiger partial charge on any atom is 0.267 e. The molecule has 1 atom stereocenters. The highest BCUT2D eigenvalue weighted by atomic mass is 16.2. The van der Waals surface area contributed by atoms with Gasteiger partial charge in [-0.2, -0.15) is 5.10 Å². The van der Waals surface area contributed by atoms with Crippen molar-refractivity contribution in [2.75, 3.05) is 7.05 Å². The number of hydrogen-bond acceptors (Lipinski definition) is 3. The Morgan fingerprint density at radius 1 is 1.33 bits per heavy atom. The van der Waals surface area contributed by atoms with E-state index in [2.05, 4.69) is 17.3 Å². The van der Waals surface area contributed by atoms with Gasteiger partial charge in [-0.1, -0.05) is 43.7 Å². The lowest BCUT2D eigenvalue weighted by atomic mass is 10.0. The zero-order valence-corrected chi connectivity index (χ0v) is 12.5. The second-order valence-electron chi connectivity index (χ2n) is 5.19. The number of nitrogens with zero attached hydrogens (tertiary/aromatic N) is 2. The molecule has 1 aromatic carbocycles. The number of benzene rings is 1. The number of hydrazone groups is 1. The minimum Gasteiger partial charge on any atom is -0.344 e. The van der Waals surface area contributed by atoms with Crippen LogP contribution in [0.3, 0.4) is 0 Å². The Labute approximate surface area is 125 Å². The van der Waals surface area contributed by atoms with Gasteiger partial charge in [-0.15, -0.1) is 0 Å². The highest BCUT2D eigenvalue weighted by Gasteiger charge is 2.23. The van der Waals surface area contributed by atoms with Gasteiger partial charge in [0.15, 0.2) is 0 Å². The van der Waals surface area contributed by atoms with Crippen molar-refractivity contribution < 1.29 is 9.59 Å². The van der Waals surface area contributed by atoms with Gasteiger partial charge in [-0.05, 0) is 12.0 Å². The molecule has 0 bridgehead atoms. The lowest BCUT2D eigenvalue weighted by Gasteiger charge is -2.22. The molecule has 112 valence electrons. The number of carbonyl (C=O) groups excluding carboxylic acids is 2. The topological polar surface area (TPSA) is 61.8 Å². The van der Waals surface area contributed by atoms with Crippen LogP contribution in [0.2, 0.25) is 0 Å². The molecule has 2 rings (SSSR count). The van der Waals surface area contributed by atoms with Crippen LogP contribution >= 0.6 is 0 Å². The van der Waals surface area contributed by atoms with Gasteiger partial charge in [-0.3, -0.25) is 9.59 Å². The van der Waals surface area contributed by atoms with Crippen LogP contribution in [0.15, 0.2) is 35.4 Å². The Morgan fingerprint density at radius 2 is 2.05 bits per heavy atom. The normalized spacial score (nSPS) is 16.4. The molecule has 1 N–H and O–H groups in total. The van der Waals surface area contributed by atoms with Crippen LogP contribution in [0.25, 0.3) is 0 Å². The van der Waals surface area contributed by atoms with Gasteiger partial charge in [0.2, 0.25) is 5.91 Å². The van der Waals surface area contributed by atoms with Crippen molar-refractivity contribution in [1.82, 2.24) is 10.3 Å². The predicted molar refractivity (Wildman–Crippen MR) is 81.7 cm³/mol. The molecule has 1 aliphatic rings. The summed E-state index contributed by atoms with van der Waals surface area (Å²) in [6.07, 6.45) is 2.59. The zero-order valence-electron chi connectivity index (χ0n) is 12.5. The van der Waals surface area contributed by atoms with Crippen molar-refractivity contribution in [2.45, 2.75) is 38.6 Å². The summed E-state index contributed by atoms with van der Waals surface area (Å²) >= 11 is 0. The molecule has 5 heteroatoms. The molecule has 0 aromatic heterocycles. The fourth-order valence-corrected chi connectivity index (χ4v) is 2.37. The van der Waals surface area contributed by atoms with Gasteiger partial charge in [0.1, 0.15) is 5.71 Å². The molecule has 0 spiro atoms. The second-order valence-corrected chi connectivity index (χ2v) is 5.19. The van der Waals surface area contributed by atoms with Crippen LogP contribution in [-0.4, -0.2) is 29.6 Å². The van der Waals surface area contributed by atoms with Crippen LogP contribution in [-0.2, 0) is 9.59 Å².